The molecule has 2 atom stereocenters. The molecule has 7 heteroatoms. The first-order chi connectivity index (χ1) is 15.1. The first-order valence-electron chi connectivity index (χ1n) is 10.7. The van der Waals surface area contributed by atoms with Crippen LogP contribution in [0.5, 0.6) is 5.75 Å². The topological polar surface area (TPSA) is 62.7 Å². The molecule has 0 unspecified atom stereocenters. The molecule has 3 heterocycles. The van der Waals surface area contributed by atoms with Crippen molar-refractivity contribution in [3.8, 4) is 5.75 Å². The van der Waals surface area contributed by atoms with E-state index in [-0.39, 0.29) is 30.1 Å². The monoisotopic (exact) mass is 435 g/mol. The number of rotatable bonds is 4. The molecule has 0 aliphatic carbocycles. The zero-order valence-electron chi connectivity index (χ0n) is 17.5. The molecule has 0 spiro atoms. The number of carbonyl (C=O) groups excluding carboxylic acids is 2. The highest BCUT2D eigenvalue weighted by atomic mass is 32.1. The number of nitrogens with zero attached hydrogens (tertiary/aromatic N) is 3. The largest absolute Gasteiger partial charge is 0.495 e. The Morgan fingerprint density at radius 2 is 1.94 bits per heavy atom. The highest BCUT2D eigenvalue weighted by molar-refractivity contribution is 7.18. The van der Waals surface area contributed by atoms with Crippen LogP contribution in [0.1, 0.15) is 30.2 Å². The second kappa shape index (κ2) is 8.30. The predicted octanol–water partition coefficient (Wildman–Crippen LogP) is 4.06. The highest BCUT2D eigenvalue weighted by Crippen LogP contribution is 2.36. The minimum atomic E-state index is -0.313. The van der Waals surface area contributed by atoms with Gasteiger partial charge < -0.3 is 14.5 Å². The summed E-state index contributed by atoms with van der Waals surface area (Å²) < 4.78 is 6.60. The molecule has 160 valence electrons. The first-order valence-corrected chi connectivity index (χ1v) is 11.5. The third-order valence-electron chi connectivity index (χ3n) is 6.24. The number of para-hydroxylation sites is 3. The number of thiazole rings is 1. The summed E-state index contributed by atoms with van der Waals surface area (Å²) in [5, 5.41) is 1.11. The molecule has 0 saturated carbocycles. The molecular weight excluding hydrogens is 410 g/mol. The summed E-state index contributed by atoms with van der Waals surface area (Å²) in [7, 11) is 1.60. The fourth-order valence-electron chi connectivity index (χ4n) is 4.66. The second-order valence-corrected chi connectivity index (χ2v) is 9.28. The smallest absolute Gasteiger partial charge is 0.228 e. The molecule has 0 bridgehead atoms. The molecule has 2 saturated heterocycles. The quantitative estimate of drug-likeness (QED) is 0.620. The molecule has 5 rings (SSSR count). The van der Waals surface area contributed by atoms with Crippen molar-refractivity contribution in [2.24, 2.45) is 5.92 Å². The van der Waals surface area contributed by atoms with Gasteiger partial charge in [0.15, 0.2) is 0 Å². The number of aromatic nitrogens is 1. The van der Waals surface area contributed by atoms with Gasteiger partial charge in [-0.15, -0.1) is 11.3 Å². The highest BCUT2D eigenvalue weighted by Gasteiger charge is 2.39. The lowest BCUT2D eigenvalue weighted by molar-refractivity contribution is -0.137. The molecule has 31 heavy (non-hydrogen) atoms. The van der Waals surface area contributed by atoms with Crippen molar-refractivity contribution in [1.82, 2.24) is 9.88 Å². The third-order valence-corrected chi connectivity index (χ3v) is 7.44. The Morgan fingerprint density at radius 1 is 1.13 bits per heavy atom. The van der Waals surface area contributed by atoms with Crippen LogP contribution in [0.15, 0.2) is 48.5 Å². The Morgan fingerprint density at radius 3 is 2.77 bits per heavy atom. The van der Waals surface area contributed by atoms with Crippen molar-refractivity contribution in [1.29, 1.82) is 0 Å². The van der Waals surface area contributed by atoms with E-state index in [0.29, 0.717) is 18.8 Å². The molecule has 2 fully saturated rings. The number of hydrogen-bond donors (Lipinski definition) is 0. The maximum atomic E-state index is 13.3. The maximum absolute atomic E-state index is 13.3. The molecule has 2 aliphatic rings. The predicted molar refractivity (Wildman–Crippen MR) is 122 cm³/mol. The van der Waals surface area contributed by atoms with Gasteiger partial charge in [-0.3, -0.25) is 9.59 Å². The number of hydrogen-bond acceptors (Lipinski definition) is 5. The van der Waals surface area contributed by atoms with Gasteiger partial charge in [0.25, 0.3) is 0 Å². The number of piperidine rings is 1. The maximum Gasteiger partial charge on any atom is 0.228 e. The van der Waals surface area contributed by atoms with Gasteiger partial charge in [0.2, 0.25) is 11.8 Å². The zero-order chi connectivity index (χ0) is 21.4. The number of ether oxygens (including phenoxy) is 1. The molecule has 3 aromatic rings. The van der Waals surface area contributed by atoms with Crippen molar-refractivity contribution < 1.29 is 14.3 Å². The Bertz CT molecular complexity index is 1090. The van der Waals surface area contributed by atoms with E-state index in [0.717, 1.165) is 35.6 Å². The molecular formula is C24H25N3O3S. The number of benzene rings is 2. The summed E-state index contributed by atoms with van der Waals surface area (Å²) in [4.78, 5) is 34.5. The van der Waals surface area contributed by atoms with Gasteiger partial charge in [-0.1, -0.05) is 24.3 Å². The average molecular weight is 436 g/mol. The van der Waals surface area contributed by atoms with E-state index < -0.39 is 0 Å². The molecule has 2 amide bonds. The van der Waals surface area contributed by atoms with Crippen LogP contribution in [0.2, 0.25) is 0 Å². The van der Waals surface area contributed by atoms with Crippen LogP contribution in [-0.2, 0) is 9.59 Å². The van der Waals surface area contributed by atoms with Gasteiger partial charge in [-0.05, 0) is 37.1 Å². The van der Waals surface area contributed by atoms with Gasteiger partial charge >= 0.3 is 0 Å². The minimum absolute atomic E-state index is 0.0254. The molecule has 1 aromatic heterocycles. The zero-order valence-corrected chi connectivity index (χ0v) is 18.3. The lowest BCUT2D eigenvalue weighted by Gasteiger charge is -2.33. The third kappa shape index (κ3) is 3.78. The van der Waals surface area contributed by atoms with Crippen LogP contribution in [0.25, 0.3) is 10.2 Å². The normalized spacial score (nSPS) is 21.6. The standard InChI is InChI=1S/C24H25N3O3S/c1-30-20-10-4-3-9-19(20)27-15-17(13-22(27)28)24(29)26-12-6-7-16(14-26)23-25-18-8-2-5-11-21(18)31-23/h2-5,8-11,16-17H,6-7,12-15H2,1H3/t16-,17+/m1/s1. The fraction of sp³-hybridized carbons (Fsp3) is 0.375. The van der Waals surface area contributed by atoms with E-state index in [1.807, 2.05) is 47.4 Å². The van der Waals surface area contributed by atoms with Crippen molar-refractivity contribution in [2.45, 2.75) is 25.2 Å². The molecule has 0 N–H and O–H groups in total. The molecule has 0 radical (unpaired) electrons. The van der Waals surface area contributed by atoms with Gasteiger partial charge in [-0.25, -0.2) is 4.98 Å². The fourth-order valence-corrected chi connectivity index (χ4v) is 5.75. The lowest BCUT2D eigenvalue weighted by Crippen LogP contribution is -2.43. The summed E-state index contributed by atoms with van der Waals surface area (Å²) in [5.41, 5.74) is 1.76. The van der Waals surface area contributed by atoms with Crippen LogP contribution in [0, 0.1) is 5.92 Å². The Kier molecular flexibility index (Phi) is 5.36. The Labute approximate surface area is 185 Å². The van der Waals surface area contributed by atoms with Crippen molar-refractivity contribution in [2.75, 3.05) is 31.6 Å². The van der Waals surface area contributed by atoms with Crippen LogP contribution in [-0.4, -0.2) is 48.4 Å². The average Bonchev–Trinajstić information content (AvgIpc) is 3.42. The number of methoxy groups -OCH3 is 1. The summed E-state index contributed by atoms with van der Waals surface area (Å²) in [6.45, 7) is 1.83. The summed E-state index contributed by atoms with van der Waals surface area (Å²) >= 11 is 1.73. The van der Waals surface area contributed by atoms with Crippen molar-refractivity contribution in [3.63, 3.8) is 0 Å². The summed E-state index contributed by atoms with van der Waals surface area (Å²) in [6.07, 6.45) is 2.25. The molecule has 2 aromatic carbocycles. The van der Waals surface area contributed by atoms with Gasteiger partial charge in [0.05, 0.1) is 33.9 Å². The van der Waals surface area contributed by atoms with Gasteiger partial charge in [-0.2, -0.15) is 0 Å². The lowest BCUT2D eigenvalue weighted by atomic mass is 9.96. The van der Waals surface area contributed by atoms with E-state index in [1.165, 1.54) is 4.70 Å². The van der Waals surface area contributed by atoms with E-state index in [2.05, 4.69) is 6.07 Å². The van der Waals surface area contributed by atoms with E-state index in [1.54, 1.807) is 23.3 Å². The second-order valence-electron chi connectivity index (χ2n) is 8.22. The summed E-state index contributed by atoms with van der Waals surface area (Å²) in [5.74, 6) is 0.654. The van der Waals surface area contributed by atoms with Crippen molar-refractivity contribution >= 4 is 39.1 Å². The number of amides is 2. The number of likely N-dealkylation sites (tertiary alicyclic amines) is 1. The van der Waals surface area contributed by atoms with Crippen molar-refractivity contribution in [3.05, 3.63) is 53.5 Å². The minimum Gasteiger partial charge on any atom is -0.495 e. The Balaban J connectivity index is 1.30. The van der Waals surface area contributed by atoms with Crippen LogP contribution in [0.4, 0.5) is 5.69 Å². The Hall–Kier alpha value is -2.93. The van der Waals surface area contributed by atoms with Gasteiger partial charge in [0, 0.05) is 32.0 Å². The first kappa shape index (κ1) is 20.0. The van der Waals surface area contributed by atoms with E-state index >= 15 is 0 Å². The number of carbonyl (C=O) groups is 2. The van der Waals surface area contributed by atoms with Crippen LogP contribution in [0.3, 0.4) is 0 Å². The van der Waals surface area contributed by atoms with Crippen LogP contribution >= 0.6 is 11.3 Å². The van der Waals surface area contributed by atoms with Crippen LogP contribution < -0.4 is 9.64 Å². The van der Waals surface area contributed by atoms with Gasteiger partial charge in [0.1, 0.15) is 5.75 Å². The van der Waals surface area contributed by atoms with E-state index in [4.69, 9.17) is 9.72 Å². The number of anilines is 1. The number of fused-ring (bicyclic) bond motifs is 1. The van der Waals surface area contributed by atoms with E-state index in [9.17, 15) is 9.59 Å². The SMILES string of the molecule is COc1ccccc1N1C[C@@H](C(=O)N2CCC[C@@H](c3nc4ccccc4s3)C2)CC1=O. The molecule has 2 aliphatic heterocycles. The summed E-state index contributed by atoms with van der Waals surface area (Å²) in [6, 6.07) is 15.6. The molecule has 6 nitrogen and oxygen atoms in total.